The van der Waals surface area contributed by atoms with Gasteiger partial charge in [0.05, 0.1) is 0 Å². The summed E-state index contributed by atoms with van der Waals surface area (Å²) < 4.78 is 0. The summed E-state index contributed by atoms with van der Waals surface area (Å²) in [5, 5.41) is 2.79. The van der Waals surface area contributed by atoms with Gasteiger partial charge < -0.3 is 4.90 Å². The predicted molar refractivity (Wildman–Crippen MR) is 67.2 cm³/mol. The first kappa shape index (κ1) is 13.8. The fourth-order valence-corrected chi connectivity index (χ4v) is 1.38. The molecule has 0 aliphatic heterocycles. The first-order valence-corrected chi connectivity index (χ1v) is 5.79. The van der Waals surface area contributed by atoms with Crippen LogP contribution in [0.2, 0.25) is 5.02 Å². The number of nitrogens with one attached hydrogen (secondary N) is 1. The van der Waals surface area contributed by atoms with Gasteiger partial charge >= 0.3 is 6.03 Å². The molecule has 0 heterocycles. The van der Waals surface area contributed by atoms with Crippen LogP contribution in [0.5, 0.6) is 0 Å². The van der Waals surface area contributed by atoms with Crippen LogP contribution in [-0.4, -0.2) is 29.8 Å². The second kappa shape index (κ2) is 6.47. The molecule has 1 rings (SSSR count). The molecule has 1 aromatic carbocycles. The molecule has 0 atom stereocenters. The number of amides is 3. The van der Waals surface area contributed by atoms with E-state index in [1.165, 1.54) is 4.90 Å². The summed E-state index contributed by atoms with van der Waals surface area (Å²) in [5.41, 5.74) is 0.922. The van der Waals surface area contributed by atoms with Crippen molar-refractivity contribution in [1.82, 2.24) is 10.2 Å². The van der Waals surface area contributed by atoms with Crippen molar-refractivity contribution in [2.45, 2.75) is 6.54 Å². The maximum Gasteiger partial charge on any atom is 0.324 e. The van der Waals surface area contributed by atoms with E-state index in [1.54, 1.807) is 19.2 Å². The second-order valence-electron chi connectivity index (χ2n) is 3.47. The van der Waals surface area contributed by atoms with Gasteiger partial charge in [-0.25, -0.2) is 4.79 Å². The summed E-state index contributed by atoms with van der Waals surface area (Å²) in [6.07, 6.45) is 0. The third-order valence-corrected chi connectivity index (χ3v) is 2.54. The molecule has 4 nitrogen and oxygen atoms in total. The Hall–Kier alpha value is -1.26. The van der Waals surface area contributed by atoms with Gasteiger partial charge in [0.1, 0.15) is 5.88 Å². The fourth-order valence-electron chi connectivity index (χ4n) is 1.18. The van der Waals surface area contributed by atoms with Crippen molar-refractivity contribution in [1.29, 1.82) is 0 Å². The molecular formula is C11H12Cl2N2O2. The molecule has 0 unspecified atom stereocenters. The lowest BCUT2D eigenvalue weighted by atomic mass is 10.2. The molecule has 0 aliphatic rings. The Morgan fingerprint density at radius 3 is 2.41 bits per heavy atom. The first-order chi connectivity index (χ1) is 8.02. The van der Waals surface area contributed by atoms with E-state index in [9.17, 15) is 9.59 Å². The zero-order chi connectivity index (χ0) is 12.8. The smallest absolute Gasteiger partial charge is 0.323 e. The average Bonchev–Trinajstić information content (AvgIpc) is 2.31. The quantitative estimate of drug-likeness (QED) is 0.860. The summed E-state index contributed by atoms with van der Waals surface area (Å²) in [5.74, 6) is -0.750. The molecule has 0 radical (unpaired) electrons. The molecule has 0 aromatic heterocycles. The lowest BCUT2D eigenvalue weighted by molar-refractivity contribution is -0.117. The number of imide groups is 1. The van der Waals surface area contributed by atoms with E-state index < -0.39 is 11.9 Å². The highest BCUT2D eigenvalue weighted by Gasteiger charge is 2.11. The largest absolute Gasteiger partial charge is 0.324 e. The van der Waals surface area contributed by atoms with Crippen molar-refractivity contribution in [2.24, 2.45) is 0 Å². The molecule has 6 heteroatoms. The van der Waals surface area contributed by atoms with Crippen LogP contribution in [0.1, 0.15) is 5.56 Å². The fraction of sp³-hybridized carbons (Fsp3) is 0.273. The highest BCUT2D eigenvalue weighted by atomic mass is 35.5. The van der Waals surface area contributed by atoms with Crippen LogP contribution < -0.4 is 5.32 Å². The molecule has 0 bridgehead atoms. The van der Waals surface area contributed by atoms with Gasteiger partial charge in [-0.2, -0.15) is 0 Å². The number of carbonyl (C=O) groups excluding carboxylic acids is 2. The summed E-state index contributed by atoms with van der Waals surface area (Å²) >= 11 is 11.0. The van der Waals surface area contributed by atoms with E-state index in [2.05, 4.69) is 5.32 Å². The minimum atomic E-state index is -0.514. The minimum Gasteiger partial charge on any atom is -0.323 e. The third-order valence-electron chi connectivity index (χ3n) is 2.05. The molecule has 0 saturated carbocycles. The number of hydrogen-bond acceptors (Lipinski definition) is 2. The Kier molecular flexibility index (Phi) is 5.25. The Bertz CT molecular complexity index is 406. The second-order valence-corrected chi connectivity index (χ2v) is 4.17. The molecular weight excluding hydrogens is 263 g/mol. The number of carbonyl (C=O) groups is 2. The zero-order valence-corrected chi connectivity index (χ0v) is 10.8. The van der Waals surface area contributed by atoms with Crippen molar-refractivity contribution in [3.05, 3.63) is 34.9 Å². The van der Waals surface area contributed by atoms with Gasteiger partial charge in [0.15, 0.2) is 0 Å². The maximum atomic E-state index is 11.5. The van der Waals surface area contributed by atoms with Gasteiger partial charge in [-0.3, -0.25) is 10.1 Å². The highest BCUT2D eigenvalue weighted by molar-refractivity contribution is 6.30. The maximum absolute atomic E-state index is 11.5. The number of alkyl halides is 1. The van der Waals surface area contributed by atoms with Crippen LogP contribution in [-0.2, 0) is 11.3 Å². The van der Waals surface area contributed by atoms with Crippen molar-refractivity contribution < 1.29 is 9.59 Å². The van der Waals surface area contributed by atoms with Gasteiger partial charge in [0.25, 0.3) is 0 Å². The summed E-state index contributed by atoms with van der Waals surface area (Å²) in [6, 6.07) is 6.63. The van der Waals surface area contributed by atoms with Crippen molar-refractivity contribution >= 4 is 35.1 Å². The number of benzene rings is 1. The molecule has 1 aromatic rings. The highest BCUT2D eigenvalue weighted by Crippen LogP contribution is 2.10. The predicted octanol–water partition coefficient (Wildman–Crippen LogP) is 2.25. The lowest BCUT2D eigenvalue weighted by Gasteiger charge is -2.17. The Balaban J connectivity index is 2.54. The van der Waals surface area contributed by atoms with Gasteiger partial charge in [-0.15, -0.1) is 11.6 Å². The average molecular weight is 275 g/mol. The van der Waals surface area contributed by atoms with Gasteiger partial charge in [0, 0.05) is 18.6 Å². The SMILES string of the molecule is CN(Cc1ccc(Cl)cc1)C(=O)NC(=O)CCl. The van der Waals surface area contributed by atoms with E-state index in [4.69, 9.17) is 23.2 Å². The Morgan fingerprint density at radius 1 is 1.29 bits per heavy atom. The standard InChI is InChI=1S/C11H12Cl2N2O2/c1-15(11(17)14-10(16)6-12)7-8-2-4-9(13)5-3-8/h2-5H,6-7H2,1H3,(H,14,16,17). The van der Waals surface area contributed by atoms with Crippen molar-refractivity contribution in [3.63, 3.8) is 0 Å². The zero-order valence-electron chi connectivity index (χ0n) is 9.24. The molecule has 3 amide bonds. The molecule has 0 aliphatic carbocycles. The van der Waals surface area contributed by atoms with E-state index in [0.29, 0.717) is 11.6 Å². The minimum absolute atomic E-state index is 0.236. The lowest BCUT2D eigenvalue weighted by Crippen LogP contribution is -2.40. The third kappa shape index (κ3) is 4.63. The Labute approximate surface area is 109 Å². The van der Waals surface area contributed by atoms with Crippen LogP contribution in [0, 0.1) is 0 Å². The van der Waals surface area contributed by atoms with Crippen LogP contribution in [0.3, 0.4) is 0 Å². The number of halogens is 2. The van der Waals surface area contributed by atoms with Crippen molar-refractivity contribution in [2.75, 3.05) is 12.9 Å². The van der Waals surface area contributed by atoms with Crippen LogP contribution in [0.25, 0.3) is 0 Å². The molecule has 0 spiro atoms. The van der Waals surface area contributed by atoms with E-state index >= 15 is 0 Å². The van der Waals surface area contributed by atoms with Gasteiger partial charge in [-0.1, -0.05) is 23.7 Å². The molecule has 0 fully saturated rings. The van der Waals surface area contributed by atoms with Gasteiger partial charge in [0.2, 0.25) is 5.91 Å². The van der Waals surface area contributed by atoms with Crippen molar-refractivity contribution in [3.8, 4) is 0 Å². The molecule has 17 heavy (non-hydrogen) atoms. The van der Waals surface area contributed by atoms with Crippen LogP contribution in [0.4, 0.5) is 4.79 Å². The normalized spacial score (nSPS) is 9.82. The van der Waals surface area contributed by atoms with Gasteiger partial charge in [-0.05, 0) is 17.7 Å². The molecule has 0 saturated heterocycles. The first-order valence-electron chi connectivity index (χ1n) is 4.88. The Morgan fingerprint density at radius 2 is 1.88 bits per heavy atom. The van der Waals surface area contributed by atoms with E-state index in [0.717, 1.165) is 5.56 Å². The van der Waals surface area contributed by atoms with Crippen LogP contribution in [0.15, 0.2) is 24.3 Å². The molecule has 1 N–H and O–H groups in total. The monoisotopic (exact) mass is 274 g/mol. The number of hydrogen-bond donors (Lipinski definition) is 1. The topological polar surface area (TPSA) is 49.4 Å². The number of nitrogens with zero attached hydrogens (tertiary/aromatic N) is 1. The summed E-state index contributed by atoms with van der Waals surface area (Å²) in [7, 11) is 1.59. The summed E-state index contributed by atoms with van der Waals surface area (Å²) in [6.45, 7) is 0.387. The van der Waals surface area contributed by atoms with E-state index in [-0.39, 0.29) is 5.88 Å². The van der Waals surface area contributed by atoms with E-state index in [1.807, 2.05) is 12.1 Å². The van der Waals surface area contributed by atoms with Crippen LogP contribution >= 0.6 is 23.2 Å². The number of rotatable bonds is 3. The molecule has 92 valence electrons. The number of urea groups is 1. The summed E-state index contributed by atoms with van der Waals surface area (Å²) in [4.78, 5) is 23.8.